The fourth-order valence-corrected chi connectivity index (χ4v) is 3.84. The first kappa shape index (κ1) is 16.7. The molecule has 4 nitrogen and oxygen atoms in total. The lowest BCUT2D eigenvalue weighted by atomic mass is 9.86. The van der Waals surface area contributed by atoms with Crippen molar-refractivity contribution < 1.29 is 14.9 Å². The van der Waals surface area contributed by atoms with Gasteiger partial charge in [-0.15, -0.1) is 0 Å². The smallest absolute Gasteiger partial charge is 0.137 e. The second-order valence-electron chi connectivity index (χ2n) is 7.27. The van der Waals surface area contributed by atoms with Crippen molar-refractivity contribution in [2.24, 2.45) is 0 Å². The van der Waals surface area contributed by atoms with Crippen LogP contribution in [-0.2, 0) is 0 Å². The lowest BCUT2D eigenvalue weighted by Gasteiger charge is -2.46. The summed E-state index contributed by atoms with van der Waals surface area (Å²) in [5, 5.41) is 21.2. The van der Waals surface area contributed by atoms with Crippen LogP contribution in [0.4, 0.5) is 0 Å². The Balaban J connectivity index is 1.61. The fraction of sp³-hybridized carbons (Fsp3) is 0.684. The highest BCUT2D eigenvalue weighted by Gasteiger charge is 2.43. The number of aryl methyl sites for hydroxylation is 1. The van der Waals surface area contributed by atoms with Gasteiger partial charge in [0.05, 0.1) is 6.10 Å². The first-order valence-electron chi connectivity index (χ1n) is 8.91. The maximum absolute atomic E-state index is 10.9. The van der Waals surface area contributed by atoms with Crippen LogP contribution in [-0.4, -0.2) is 52.6 Å². The third-order valence-electron chi connectivity index (χ3n) is 5.39. The van der Waals surface area contributed by atoms with Crippen LogP contribution < -0.4 is 4.74 Å². The molecule has 4 heteroatoms. The van der Waals surface area contributed by atoms with Crippen LogP contribution in [0.25, 0.3) is 0 Å². The SMILES string of the molecule is Cc1ccc(OC[C@@]2(O)CN(C3CCCCC3)CC[C@@H]2O)cc1. The zero-order valence-electron chi connectivity index (χ0n) is 14.1. The average molecular weight is 319 g/mol. The van der Waals surface area contributed by atoms with Crippen molar-refractivity contribution in [3.63, 3.8) is 0 Å². The second-order valence-corrected chi connectivity index (χ2v) is 7.27. The lowest BCUT2D eigenvalue weighted by molar-refractivity contribution is -0.146. The molecule has 1 aliphatic heterocycles. The number of rotatable bonds is 4. The van der Waals surface area contributed by atoms with Gasteiger partial charge in [0.25, 0.3) is 0 Å². The van der Waals surface area contributed by atoms with Crippen molar-refractivity contribution in [3.05, 3.63) is 29.8 Å². The summed E-state index contributed by atoms with van der Waals surface area (Å²) in [6, 6.07) is 8.36. The summed E-state index contributed by atoms with van der Waals surface area (Å²) in [4.78, 5) is 2.37. The molecule has 2 N–H and O–H groups in total. The zero-order chi connectivity index (χ0) is 16.3. The highest BCUT2D eigenvalue weighted by molar-refractivity contribution is 5.26. The molecule has 2 aliphatic rings. The number of likely N-dealkylation sites (tertiary alicyclic amines) is 1. The van der Waals surface area contributed by atoms with E-state index in [0.29, 0.717) is 19.0 Å². The van der Waals surface area contributed by atoms with E-state index in [1.54, 1.807) is 0 Å². The largest absolute Gasteiger partial charge is 0.490 e. The van der Waals surface area contributed by atoms with Gasteiger partial charge in [-0.2, -0.15) is 0 Å². The Labute approximate surface area is 139 Å². The molecule has 1 saturated heterocycles. The van der Waals surface area contributed by atoms with E-state index in [2.05, 4.69) is 4.90 Å². The number of hydrogen-bond acceptors (Lipinski definition) is 4. The molecule has 0 unspecified atom stereocenters. The van der Waals surface area contributed by atoms with Gasteiger partial charge in [-0.05, 0) is 38.3 Å². The molecular weight excluding hydrogens is 290 g/mol. The molecule has 0 spiro atoms. The summed E-state index contributed by atoms with van der Waals surface area (Å²) < 4.78 is 5.77. The van der Waals surface area contributed by atoms with Crippen LogP contribution in [0.15, 0.2) is 24.3 Å². The molecule has 128 valence electrons. The van der Waals surface area contributed by atoms with Crippen molar-refractivity contribution >= 4 is 0 Å². The number of aliphatic hydroxyl groups is 2. The topological polar surface area (TPSA) is 52.9 Å². The van der Waals surface area contributed by atoms with E-state index in [1.165, 1.54) is 37.7 Å². The lowest BCUT2D eigenvalue weighted by Crippen LogP contribution is -2.61. The number of hydrogen-bond donors (Lipinski definition) is 2. The fourth-order valence-electron chi connectivity index (χ4n) is 3.84. The molecule has 23 heavy (non-hydrogen) atoms. The predicted molar refractivity (Wildman–Crippen MR) is 90.7 cm³/mol. The maximum Gasteiger partial charge on any atom is 0.137 e. The highest BCUT2D eigenvalue weighted by atomic mass is 16.5. The quantitative estimate of drug-likeness (QED) is 0.895. The van der Waals surface area contributed by atoms with Crippen molar-refractivity contribution in [1.82, 2.24) is 4.90 Å². The van der Waals surface area contributed by atoms with Crippen LogP contribution >= 0.6 is 0 Å². The number of ether oxygens (including phenoxy) is 1. The molecule has 0 bridgehead atoms. The van der Waals surface area contributed by atoms with Gasteiger partial charge in [0, 0.05) is 19.1 Å². The number of aliphatic hydroxyl groups excluding tert-OH is 1. The van der Waals surface area contributed by atoms with Gasteiger partial charge < -0.3 is 14.9 Å². The number of benzene rings is 1. The summed E-state index contributed by atoms with van der Waals surface area (Å²) in [7, 11) is 0. The molecule has 1 aromatic carbocycles. The second kappa shape index (κ2) is 7.20. The van der Waals surface area contributed by atoms with Crippen LogP contribution in [0.3, 0.4) is 0 Å². The first-order chi connectivity index (χ1) is 11.1. The number of nitrogens with zero attached hydrogens (tertiary/aromatic N) is 1. The van der Waals surface area contributed by atoms with E-state index in [0.717, 1.165) is 12.3 Å². The molecule has 1 aliphatic carbocycles. The molecule has 1 heterocycles. The van der Waals surface area contributed by atoms with E-state index < -0.39 is 11.7 Å². The Hall–Kier alpha value is -1.10. The van der Waals surface area contributed by atoms with E-state index in [-0.39, 0.29) is 6.61 Å². The van der Waals surface area contributed by atoms with Gasteiger partial charge in [0.1, 0.15) is 18.0 Å². The minimum atomic E-state index is -1.18. The molecule has 0 aromatic heterocycles. The van der Waals surface area contributed by atoms with Gasteiger partial charge in [-0.3, -0.25) is 4.90 Å². The van der Waals surface area contributed by atoms with E-state index >= 15 is 0 Å². The van der Waals surface area contributed by atoms with Crippen LogP contribution in [0.2, 0.25) is 0 Å². The zero-order valence-corrected chi connectivity index (χ0v) is 14.1. The van der Waals surface area contributed by atoms with Gasteiger partial charge >= 0.3 is 0 Å². The van der Waals surface area contributed by atoms with Crippen LogP contribution in [0, 0.1) is 6.92 Å². The molecule has 2 atom stereocenters. The van der Waals surface area contributed by atoms with Crippen molar-refractivity contribution in [3.8, 4) is 5.75 Å². The molecule has 0 amide bonds. The minimum Gasteiger partial charge on any atom is -0.490 e. The monoisotopic (exact) mass is 319 g/mol. The first-order valence-corrected chi connectivity index (χ1v) is 8.91. The summed E-state index contributed by atoms with van der Waals surface area (Å²) >= 11 is 0. The van der Waals surface area contributed by atoms with E-state index in [1.807, 2.05) is 31.2 Å². The molecule has 3 rings (SSSR count). The van der Waals surface area contributed by atoms with Gasteiger partial charge in [-0.25, -0.2) is 0 Å². The number of piperidine rings is 1. The van der Waals surface area contributed by atoms with Crippen LogP contribution in [0.5, 0.6) is 5.75 Å². The average Bonchev–Trinajstić information content (AvgIpc) is 2.58. The van der Waals surface area contributed by atoms with Gasteiger partial charge in [0.2, 0.25) is 0 Å². The normalized spacial score (nSPS) is 30.3. The van der Waals surface area contributed by atoms with Gasteiger partial charge in [0.15, 0.2) is 0 Å². The molecule has 1 saturated carbocycles. The Bertz CT molecular complexity index is 498. The highest BCUT2D eigenvalue weighted by Crippen LogP contribution is 2.30. The summed E-state index contributed by atoms with van der Waals surface area (Å²) in [6.45, 7) is 3.55. The Morgan fingerprint density at radius 3 is 2.52 bits per heavy atom. The molecule has 0 radical (unpaired) electrons. The standard InChI is InChI=1S/C19H29NO3/c1-15-7-9-17(10-8-15)23-14-19(22)13-20(12-11-18(19)21)16-5-3-2-4-6-16/h7-10,16,18,21-22H,2-6,11-14H2,1H3/t18-,19-/m0/s1. The summed E-state index contributed by atoms with van der Waals surface area (Å²) in [5.41, 5.74) is -0.00198. The summed E-state index contributed by atoms with van der Waals surface area (Å²) in [5.74, 6) is 0.742. The predicted octanol–water partition coefficient (Wildman–Crippen LogP) is 2.50. The Morgan fingerprint density at radius 1 is 1.13 bits per heavy atom. The van der Waals surface area contributed by atoms with E-state index in [9.17, 15) is 10.2 Å². The Morgan fingerprint density at radius 2 is 1.83 bits per heavy atom. The summed E-state index contributed by atoms with van der Waals surface area (Å²) in [6.07, 6.45) is 6.21. The maximum atomic E-state index is 10.9. The van der Waals surface area contributed by atoms with Crippen LogP contribution in [0.1, 0.15) is 44.1 Å². The molecule has 1 aromatic rings. The third-order valence-corrected chi connectivity index (χ3v) is 5.39. The molecule has 2 fully saturated rings. The Kier molecular flexibility index (Phi) is 5.24. The van der Waals surface area contributed by atoms with Crippen molar-refractivity contribution in [2.45, 2.75) is 63.2 Å². The number of β-amino-alcohol motifs (C(OH)–C–C–N with tert-alkyl or cyclic N) is 1. The van der Waals surface area contributed by atoms with Gasteiger partial charge in [-0.1, -0.05) is 37.0 Å². The molecular formula is C19H29NO3. The van der Waals surface area contributed by atoms with E-state index in [4.69, 9.17) is 4.74 Å². The van der Waals surface area contributed by atoms with Crippen molar-refractivity contribution in [2.75, 3.05) is 19.7 Å². The van der Waals surface area contributed by atoms with Crippen molar-refractivity contribution in [1.29, 1.82) is 0 Å². The minimum absolute atomic E-state index is 0.139. The third kappa shape index (κ3) is 4.06.